The van der Waals surface area contributed by atoms with Crippen LogP contribution < -0.4 is 15.5 Å². The minimum Gasteiger partial charge on any atom is -0.454 e. The van der Waals surface area contributed by atoms with E-state index < -0.39 is 0 Å². The molecule has 2 rings (SSSR count). The highest BCUT2D eigenvalue weighted by Gasteiger charge is 2.11. The average Bonchev–Trinajstić information content (AvgIpc) is 2.55. The Bertz CT molecular complexity index is 797. The minimum atomic E-state index is -0.123. The molecule has 0 saturated carbocycles. The van der Waals surface area contributed by atoms with E-state index in [1.54, 1.807) is 0 Å². The Morgan fingerprint density at radius 1 is 1.12 bits per heavy atom. The number of hydrogen-bond acceptors (Lipinski definition) is 4. The highest BCUT2D eigenvalue weighted by Crippen LogP contribution is 2.35. The molecule has 0 atom stereocenters. The molecular weight excluding hydrogens is 391 g/mol. The van der Waals surface area contributed by atoms with Crippen molar-refractivity contribution in [3.05, 3.63) is 52.3 Å². The number of aromatic nitrogens is 1. The van der Waals surface area contributed by atoms with Crippen molar-refractivity contribution in [3.63, 3.8) is 0 Å². The Hall–Kier alpha value is -1.89. The highest BCUT2D eigenvalue weighted by atomic mass is 35.5. The lowest BCUT2D eigenvalue weighted by Crippen LogP contribution is -2.44. The summed E-state index contributed by atoms with van der Waals surface area (Å²) in [6, 6.07) is 7.40. The van der Waals surface area contributed by atoms with Gasteiger partial charge in [-0.25, -0.2) is 0 Å². The fourth-order valence-corrected chi connectivity index (χ4v) is 2.74. The van der Waals surface area contributed by atoms with Crippen LogP contribution in [0.5, 0.6) is 11.5 Å². The molecule has 0 saturated heterocycles. The molecule has 1 aromatic heterocycles. The molecule has 0 spiro atoms. The summed E-state index contributed by atoms with van der Waals surface area (Å²) in [5.74, 6) is 0.983. The van der Waals surface area contributed by atoms with E-state index in [-0.39, 0.29) is 5.54 Å². The lowest BCUT2D eigenvalue weighted by molar-refractivity contribution is 0.482. The van der Waals surface area contributed by atoms with Crippen LogP contribution in [0.2, 0.25) is 10.0 Å². The third-order valence-corrected chi connectivity index (χ3v) is 3.85. The van der Waals surface area contributed by atoms with Crippen molar-refractivity contribution in [3.8, 4) is 11.5 Å². The number of halogens is 2. The molecular formula is C18H20Cl2N4OS. The van der Waals surface area contributed by atoms with Crippen molar-refractivity contribution in [2.24, 2.45) is 5.10 Å². The van der Waals surface area contributed by atoms with Gasteiger partial charge in [-0.1, -0.05) is 23.2 Å². The first-order chi connectivity index (χ1) is 12.2. The summed E-state index contributed by atoms with van der Waals surface area (Å²) in [5, 5.41) is 8.60. The van der Waals surface area contributed by atoms with Crippen LogP contribution in [0.15, 0.2) is 41.8 Å². The van der Waals surface area contributed by atoms with E-state index in [0.717, 1.165) is 11.3 Å². The molecule has 5 nitrogen and oxygen atoms in total. The largest absolute Gasteiger partial charge is 0.454 e. The zero-order chi connectivity index (χ0) is 19.3. The van der Waals surface area contributed by atoms with Crippen LogP contribution in [-0.4, -0.2) is 21.3 Å². The van der Waals surface area contributed by atoms with Crippen LogP contribution in [0.4, 0.5) is 0 Å². The number of nitrogens with zero attached hydrogens (tertiary/aromatic N) is 2. The van der Waals surface area contributed by atoms with Crippen LogP contribution in [0.25, 0.3) is 0 Å². The maximum absolute atomic E-state index is 6.06. The topological polar surface area (TPSA) is 58.5 Å². The first kappa shape index (κ1) is 20.4. The number of thiocarbonyl (C=S) groups is 1. The van der Waals surface area contributed by atoms with E-state index >= 15 is 0 Å². The predicted octanol–water partition coefficient (Wildman–Crippen LogP) is 5.17. The Labute approximate surface area is 168 Å². The van der Waals surface area contributed by atoms with E-state index in [1.807, 2.05) is 52.0 Å². The molecule has 138 valence electrons. The smallest absolute Gasteiger partial charge is 0.187 e. The second-order valence-electron chi connectivity index (χ2n) is 6.57. The van der Waals surface area contributed by atoms with Crippen molar-refractivity contribution in [2.45, 2.75) is 33.2 Å². The first-order valence-electron chi connectivity index (χ1n) is 7.85. The molecule has 1 heterocycles. The molecule has 0 amide bonds. The molecule has 0 radical (unpaired) electrons. The number of rotatable bonds is 4. The summed E-state index contributed by atoms with van der Waals surface area (Å²) in [6.07, 6.45) is 2.96. The molecule has 0 aliphatic rings. The lowest BCUT2D eigenvalue weighted by Gasteiger charge is -2.21. The van der Waals surface area contributed by atoms with Crippen molar-refractivity contribution < 1.29 is 4.74 Å². The maximum atomic E-state index is 6.06. The second-order valence-corrected chi connectivity index (χ2v) is 7.79. The van der Waals surface area contributed by atoms with E-state index in [9.17, 15) is 0 Å². The fraction of sp³-hybridized carbons (Fsp3) is 0.278. The van der Waals surface area contributed by atoms with Crippen molar-refractivity contribution in [1.82, 2.24) is 15.7 Å². The molecule has 8 heteroatoms. The van der Waals surface area contributed by atoms with Crippen LogP contribution in [0, 0.1) is 0 Å². The van der Waals surface area contributed by atoms with Crippen LogP contribution >= 0.6 is 35.4 Å². The third kappa shape index (κ3) is 6.12. The summed E-state index contributed by atoms with van der Waals surface area (Å²) in [4.78, 5) is 3.90. The molecule has 0 unspecified atom stereocenters. The SMILES string of the molecule is C/C(=N/NC(=S)NC(C)(C)C)c1ccc(Oc2c(Cl)cncc2Cl)cc1. The molecule has 1 aromatic carbocycles. The van der Waals surface area contributed by atoms with Gasteiger partial charge in [0, 0.05) is 17.9 Å². The Morgan fingerprint density at radius 2 is 1.69 bits per heavy atom. The van der Waals surface area contributed by atoms with Gasteiger partial charge in [0.25, 0.3) is 0 Å². The Kier molecular flexibility index (Phi) is 6.81. The maximum Gasteiger partial charge on any atom is 0.187 e. The molecule has 0 aliphatic carbocycles. The summed E-state index contributed by atoms with van der Waals surface area (Å²) < 4.78 is 5.74. The van der Waals surface area contributed by atoms with Crippen LogP contribution in [0.1, 0.15) is 33.3 Å². The van der Waals surface area contributed by atoms with Crippen molar-refractivity contribution >= 4 is 46.2 Å². The van der Waals surface area contributed by atoms with Crippen molar-refractivity contribution in [1.29, 1.82) is 0 Å². The van der Waals surface area contributed by atoms with E-state index in [1.165, 1.54) is 12.4 Å². The molecule has 2 N–H and O–H groups in total. The number of hydrazone groups is 1. The quantitative estimate of drug-likeness (QED) is 0.413. The third-order valence-electron chi connectivity index (χ3n) is 3.12. The zero-order valence-corrected chi connectivity index (χ0v) is 17.3. The van der Waals surface area contributed by atoms with Gasteiger partial charge in [-0.15, -0.1) is 0 Å². The Balaban J connectivity index is 2.04. The molecule has 26 heavy (non-hydrogen) atoms. The number of hydrogen-bond donors (Lipinski definition) is 2. The monoisotopic (exact) mass is 410 g/mol. The van der Waals surface area contributed by atoms with Gasteiger partial charge < -0.3 is 10.1 Å². The van der Waals surface area contributed by atoms with Gasteiger partial charge in [-0.2, -0.15) is 5.10 Å². The standard InChI is InChI=1S/C18H20Cl2N4OS/c1-11(23-24-17(26)22-18(2,3)4)12-5-7-13(8-6-12)25-16-14(19)9-21-10-15(16)20/h5-10H,1-4H3,(H2,22,24,26)/b23-11-. The predicted molar refractivity (Wildman–Crippen MR) is 112 cm³/mol. The highest BCUT2D eigenvalue weighted by molar-refractivity contribution is 7.80. The van der Waals surface area contributed by atoms with E-state index in [2.05, 4.69) is 20.8 Å². The van der Waals surface area contributed by atoms with E-state index in [0.29, 0.717) is 26.7 Å². The van der Waals surface area contributed by atoms with Gasteiger partial charge >= 0.3 is 0 Å². The summed E-state index contributed by atoms with van der Waals surface area (Å²) in [7, 11) is 0. The van der Waals surface area contributed by atoms with Gasteiger partial charge in [0.2, 0.25) is 0 Å². The van der Waals surface area contributed by atoms with Crippen molar-refractivity contribution in [2.75, 3.05) is 0 Å². The van der Waals surface area contributed by atoms with Gasteiger partial charge in [0.1, 0.15) is 15.8 Å². The number of nitrogens with one attached hydrogen (secondary N) is 2. The second kappa shape index (κ2) is 8.66. The van der Waals surface area contributed by atoms with Gasteiger partial charge in [0.05, 0.1) is 5.71 Å². The number of benzene rings is 1. The van der Waals surface area contributed by atoms with Crippen LogP contribution in [-0.2, 0) is 0 Å². The van der Waals surface area contributed by atoms with Gasteiger partial charge in [-0.05, 0) is 69.7 Å². The Morgan fingerprint density at radius 3 is 2.23 bits per heavy atom. The number of pyridine rings is 1. The molecule has 0 aliphatic heterocycles. The zero-order valence-electron chi connectivity index (χ0n) is 14.9. The number of ether oxygens (including phenoxy) is 1. The molecule has 0 fully saturated rings. The lowest BCUT2D eigenvalue weighted by atomic mass is 10.1. The molecule has 0 bridgehead atoms. The summed E-state index contributed by atoms with van der Waals surface area (Å²) in [6.45, 7) is 7.96. The normalized spacial score (nSPS) is 11.8. The first-order valence-corrected chi connectivity index (χ1v) is 9.02. The van der Waals surface area contributed by atoms with E-state index in [4.69, 9.17) is 40.2 Å². The van der Waals surface area contributed by atoms with Crippen LogP contribution in [0.3, 0.4) is 0 Å². The molecule has 2 aromatic rings. The average molecular weight is 411 g/mol. The van der Waals surface area contributed by atoms with Gasteiger partial charge in [0.15, 0.2) is 10.9 Å². The van der Waals surface area contributed by atoms with Gasteiger partial charge in [-0.3, -0.25) is 10.4 Å². The summed E-state index contributed by atoms with van der Waals surface area (Å²) >= 11 is 17.3. The fourth-order valence-electron chi connectivity index (χ4n) is 1.95. The summed E-state index contributed by atoms with van der Waals surface area (Å²) in [5.41, 5.74) is 4.43. The minimum absolute atomic E-state index is 0.123.